The summed E-state index contributed by atoms with van der Waals surface area (Å²) in [6.45, 7) is 2.85. The Morgan fingerprint density at radius 1 is 0.966 bits per heavy atom. The molecule has 1 aromatic heterocycles. The second-order valence-corrected chi connectivity index (χ2v) is 7.65. The topological polar surface area (TPSA) is 34.6 Å². The number of hydrogen-bond donors (Lipinski definition) is 0. The average Bonchev–Trinajstić information content (AvgIpc) is 3.26. The van der Waals surface area contributed by atoms with Gasteiger partial charge in [0, 0.05) is 36.4 Å². The molecule has 1 aliphatic rings. The summed E-state index contributed by atoms with van der Waals surface area (Å²) in [6, 6.07) is 18.9. The van der Waals surface area contributed by atoms with Gasteiger partial charge in [-0.1, -0.05) is 18.2 Å². The molecule has 29 heavy (non-hydrogen) atoms. The molecular formula is C25H28N2O2. The minimum atomic E-state index is 0.282. The predicted octanol–water partition coefficient (Wildman–Crippen LogP) is 6.06. The third-order valence-corrected chi connectivity index (χ3v) is 5.43. The first kappa shape index (κ1) is 19.3. The van der Waals surface area contributed by atoms with E-state index in [4.69, 9.17) is 9.47 Å². The first-order chi connectivity index (χ1) is 14.2. The molecule has 3 aromatic rings. The minimum Gasteiger partial charge on any atom is -0.493 e. The van der Waals surface area contributed by atoms with E-state index in [9.17, 15) is 0 Å². The Bertz CT molecular complexity index is 937. The van der Waals surface area contributed by atoms with Gasteiger partial charge in [0.1, 0.15) is 0 Å². The highest BCUT2D eigenvalue weighted by atomic mass is 16.5. The van der Waals surface area contributed by atoms with Gasteiger partial charge in [0.2, 0.25) is 0 Å². The summed E-state index contributed by atoms with van der Waals surface area (Å²) in [6.07, 6.45) is 8.72. The van der Waals surface area contributed by atoms with Crippen molar-refractivity contribution in [2.45, 2.75) is 45.3 Å². The molecule has 1 aliphatic carbocycles. The van der Waals surface area contributed by atoms with Crippen LogP contribution in [-0.4, -0.2) is 18.2 Å². The van der Waals surface area contributed by atoms with Crippen LogP contribution >= 0.6 is 0 Å². The van der Waals surface area contributed by atoms with Crippen LogP contribution in [0.4, 0.5) is 11.4 Å². The second-order valence-electron chi connectivity index (χ2n) is 7.65. The van der Waals surface area contributed by atoms with Crippen LogP contribution < -0.4 is 14.4 Å². The molecule has 2 aromatic carbocycles. The van der Waals surface area contributed by atoms with Gasteiger partial charge in [-0.3, -0.25) is 4.98 Å². The highest BCUT2D eigenvalue weighted by molar-refractivity contribution is 5.67. The molecule has 0 radical (unpaired) electrons. The fourth-order valence-electron chi connectivity index (χ4n) is 3.91. The number of aryl methyl sites for hydroxylation is 1. The van der Waals surface area contributed by atoms with Crippen molar-refractivity contribution in [3.63, 3.8) is 0 Å². The maximum Gasteiger partial charge on any atom is 0.163 e. The Kier molecular flexibility index (Phi) is 5.99. The molecule has 0 atom stereocenters. The summed E-state index contributed by atoms with van der Waals surface area (Å²) in [5.74, 6) is 1.60. The molecule has 0 aliphatic heterocycles. The quantitative estimate of drug-likeness (QED) is 0.493. The summed E-state index contributed by atoms with van der Waals surface area (Å²) in [4.78, 5) is 6.58. The lowest BCUT2D eigenvalue weighted by Gasteiger charge is -2.27. The normalized spacial score (nSPS) is 14.0. The number of hydrogen-bond acceptors (Lipinski definition) is 4. The SMILES string of the molecule is COc1ccc(N(Cc2cccnc2)c2cccc(C)c2)cc1OC1CCCC1. The van der Waals surface area contributed by atoms with E-state index in [1.54, 1.807) is 13.3 Å². The Hall–Kier alpha value is -3.01. The van der Waals surface area contributed by atoms with E-state index < -0.39 is 0 Å². The number of ether oxygens (including phenoxy) is 2. The lowest BCUT2D eigenvalue weighted by Crippen LogP contribution is -2.17. The Labute approximate surface area is 173 Å². The molecule has 0 bridgehead atoms. The molecule has 4 heteroatoms. The number of methoxy groups -OCH3 is 1. The lowest BCUT2D eigenvalue weighted by atomic mass is 10.1. The second kappa shape index (κ2) is 8.99. The van der Waals surface area contributed by atoms with Gasteiger partial charge in [-0.15, -0.1) is 0 Å². The van der Waals surface area contributed by atoms with Crippen molar-refractivity contribution < 1.29 is 9.47 Å². The summed E-state index contributed by atoms with van der Waals surface area (Å²) in [5, 5.41) is 0. The summed E-state index contributed by atoms with van der Waals surface area (Å²) in [5.41, 5.74) is 4.61. The van der Waals surface area contributed by atoms with Crippen LogP contribution in [0.15, 0.2) is 67.0 Å². The van der Waals surface area contributed by atoms with Gasteiger partial charge in [0.25, 0.3) is 0 Å². The average molecular weight is 389 g/mol. The number of rotatable bonds is 7. The highest BCUT2D eigenvalue weighted by Crippen LogP contribution is 2.37. The van der Waals surface area contributed by atoms with Crippen molar-refractivity contribution >= 4 is 11.4 Å². The number of benzene rings is 2. The van der Waals surface area contributed by atoms with E-state index >= 15 is 0 Å². The van der Waals surface area contributed by atoms with Crippen molar-refractivity contribution in [2.75, 3.05) is 12.0 Å². The molecule has 1 saturated carbocycles. The first-order valence-corrected chi connectivity index (χ1v) is 10.3. The Balaban J connectivity index is 1.71. The van der Waals surface area contributed by atoms with Crippen molar-refractivity contribution in [1.29, 1.82) is 0 Å². The van der Waals surface area contributed by atoms with E-state index in [0.717, 1.165) is 47.8 Å². The van der Waals surface area contributed by atoms with Gasteiger partial charge in [-0.2, -0.15) is 0 Å². The first-order valence-electron chi connectivity index (χ1n) is 10.3. The van der Waals surface area contributed by atoms with Gasteiger partial charge < -0.3 is 14.4 Å². The van der Waals surface area contributed by atoms with E-state index in [2.05, 4.69) is 59.3 Å². The summed E-state index contributed by atoms with van der Waals surface area (Å²) >= 11 is 0. The number of aromatic nitrogens is 1. The maximum atomic E-state index is 6.33. The van der Waals surface area contributed by atoms with Crippen molar-refractivity contribution in [2.24, 2.45) is 0 Å². The molecule has 0 saturated heterocycles. The van der Waals surface area contributed by atoms with Gasteiger partial charge >= 0.3 is 0 Å². The summed E-state index contributed by atoms with van der Waals surface area (Å²) in [7, 11) is 1.70. The van der Waals surface area contributed by atoms with Crippen LogP contribution in [0.2, 0.25) is 0 Å². The molecule has 1 fully saturated rings. The standard InChI is InChI=1S/C25H28N2O2/c1-19-7-5-9-21(15-19)27(18-20-8-6-14-26-17-20)22-12-13-24(28-2)25(16-22)29-23-10-3-4-11-23/h5-9,12-17,23H,3-4,10-11,18H2,1-2H3. The van der Waals surface area contributed by atoms with Gasteiger partial charge in [-0.05, 0) is 74.1 Å². The molecule has 1 heterocycles. The van der Waals surface area contributed by atoms with Gasteiger partial charge in [0.15, 0.2) is 11.5 Å². The van der Waals surface area contributed by atoms with Gasteiger partial charge in [-0.25, -0.2) is 0 Å². The van der Waals surface area contributed by atoms with E-state index in [1.807, 2.05) is 18.3 Å². The highest BCUT2D eigenvalue weighted by Gasteiger charge is 2.20. The Morgan fingerprint density at radius 3 is 2.52 bits per heavy atom. The number of anilines is 2. The molecule has 0 spiro atoms. The van der Waals surface area contributed by atoms with Crippen LogP contribution in [0.1, 0.15) is 36.8 Å². The van der Waals surface area contributed by atoms with Crippen LogP contribution in [0.3, 0.4) is 0 Å². The third kappa shape index (κ3) is 4.70. The number of nitrogens with zero attached hydrogens (tertiary/aromatic N) is 2. The van der Waals surface area contributed by atoms with Crippen LogP contribution in [0, 0.1) is 6.92 Å². The van der Waals surface area contributed by atoms with Crippen LogP contribution in [-0.2, 0) is 6.54 Å². The smallest absolute Gasteiger partial charge is 0.163 e. The molecule has 0 N–H and O–H groups in total. The molecule has 4 rings (SSSR count). The maximum absolute atomic E-state index is 6.33. The lowest BCUT2D eigenvalue weighted by molar-refractivity contribution is 0.201. The third-order valence-electron chi connectivity index (χ3n) is 5.43. The Morgan fingerprint density at radius 2 is 1.79 bits per heavy atom. The zero-order valence-corrected chi connectivity index (χ0v) is 17.2. The molecule has 150 valence electrons. The monoisotopic (exact) mass is 388 g/mol. The van der Waals surface area contributed by atoms with Crippen LogP contribution in [0.5, 0.6) is 11.5 Å². The summed E-state index contributed by atoms with van der Waals surface area (Å²) < 4.78 is 11.9. The fraction of sp³-hybridized carbons (Fsp3) is 0.320. The van der Waals surface area contributed by atoms with Crippen molar-refractivity contribution in [3.05, 3.63) is 78.1 Å². The van der Waals surface area contributed by atoms with Crippen molar-refractivity contribution in [3.8, 4) is 11.5 Å². The fourth-order valence-corrected chi connectivity index (χ4v) is 3.91. The van der Waals surface area contributed by atoms with Crippen LogP contribution in [0.25, 0.3) is 0 Å². The zero-order chi connectivity index (χ0) is 20.1. The van der Waals surface area contributed by atoms with E-state index in [1.165, 1.54) is 18.4 Å². The van der Waals surface area contributed by atoms with Crippen molar-refractivity contribution in [1.82, 2.24) is 4.98 Å². The molecule has 0 amide bonds. The molecule has 0 unspecified atom stereocenters. The zero-order valence-electron chi connectivity index (χ0n) is 17.2. The predicted molar refractivity (Wildman–Crippen MR) is 117 cm³/mol. The van der Waals surface area contributed by atoms with E-state index in [-0.39, 0.29) is 6.10 Å². The largest absolute Gasteiger partial charge is 0.493 e. The number of pyridine rings is 1. The minimum absolute atomic E-state index is 0.282. The van der Waals surface area contributed by atoms with E-state index in [0.29, 0.717) is 0 Å². The molecule has 4 nitrogen and oxygen atoms in total. The molecular weight excluding hydrogens is 360 g/mol. The van der Waals surface area contributed by atoms with Gasteiger partial charge in [0.05, 0.1) is 13.2 Å².